The van der Waals surface area contributed by atoms with Gasteiger partial charge in [-0.3, -0.25) is 9.69 Å². The van der Waals surface area contributed by atoms with Gasteiger partial charge in [0, 0.05) is 62.7 Å². The van der Waals surface area contributed by atoms with Crippen LogP contribution in [-0.2, 0) is 6.42 Å². The average Bonchev–Trinajstić information content (AvgIpc) is 2.99. The van der Waals surface area contributed by atoms with Crippen molar-refractivity contribution in [2.75, 3.05) is 61.8 Å². The topological polar surface area (TPSA) is 123 Å². The van der Waals surface area contributed by atoms with Crippen LogP contribution in [0.2, 0.25) is 0 Å². The normalized spacial score (nSPS) is 24.3. The van der Waals surface area contributed by atoms with Crippen LogP contribution >= 0.6 is 0 Å². The Morgan fingerprint density at radius 2 is 1.72 bits per heavy atom. The molecule has 3 fully saturated rings. The number of piperidine rings is 1. The van der Waals surface area contributed by atoms with Gasteiger partial charge in [0.25, 0.3) is 5.91 Å². The number of hydrogen-bond acceptors (Lipinski definition) is 9. The van der Waals surface area contributed by atoms with Crippen molar-refractivity contribution in [3.63, 3.8) is 0 Å². The highest BCUT2D eigenvalue weighted by Gasteiger charge is 2.36. The smallest absolute Gasteiger partial charge is 0.271 e. The lowest BCUT2D eigenvalue weighted by atomic mass is 9.75. The van der Waals surface area contributed by atoms with Crippen LogP contribution in [0.15, 0.2) is 18.2 Å². The fourth-order valence-corrected chi connectivity index (χ4v) is 7.01. The maximum absolute atomic E-state index is 12.4. The third-order valence-corrected chi connectivity index (χ3v) is 10.1. The van der Waals surface area contributed by atoms with E-state index in [4.69, 9.17) is 10.7 Å². The molecule has 0 spiro atoms. The highest BCUT2D eigenvalue weighted by molar-refractivity contribution is 5.96. The molecular weight excluding hydrogens is 540 g/mol. The minimum Gasteiger partial charge on any atom is -0.390 e. The third-order valence-electron chi connectivity index (χ3n) is 10.1. The van der Waals surface area contributed by atoms with Crippen LogP contribution in [0, 0.1) is 12.8 Å². The summed E-state index contributed by atoms with van der Waals surface area (Å²) in [6.07, 6.45) is 6.22. The molecule has 0 atom stereocenters. The number of amides is 1. The molecule has 3 heterocycles. The molecule has 0 bridgehead atoms. The molecule has 0 unspecified atom stereocenters. The summed E-state index contributed by atoms with van der Waals surface area (Å²) < 4.78 is 0. The summed E-state index contributed by atoms with van der Waals surface area (Å²) in [5.74, 6) is 0.662. The van der Waals surface area contributed by atoms with E-state index in [9.17, 15) is 9.90 Å². The van der Waals surface area contributed by atoms with Crippen LogP contribution in [0.25, 0.3) is 0 Å². The molecule has 5 rings (SSSR count). The van der Waals surface area contributed by atoms with Gasteiger partial charge in [-0.05, 0) is 88.6 Å². The van der Waals surface area contributed by atoms with E-state index in [0.717, 1.165) is 63.2 Å². The third kappa shape index (κ3) is 7.24. The van der Waals surface area contributed by atoms with E-state index in [2.05, 4.69) is 76.3 Å². The summed E-state index contributed by atoms with van der Waals surface area (Å²) in [6, 6.07) is 7.20. The lowest BCUT2D eigenvalue weighted by Crippen LogP contribution is -2.52. The van der Waals surface area contributed by atoms with Crippen molar-refractivity contribution in [3.05, 3.63) is 35.2 Å². The molecule has 1 aromatic heterocycles. The Balaban J connectivity index is 1.27. The van der Waals surface area contributed by atoms with Gasteiger partial charge < -0.3 is 31.3 Å². The molecule has 2 aliphatic heterocycles. The second-order valence-corrected chi connectivity index (χ2v) is 13.3. The number of hydrogen-bond donors (Lipinski definition) is 4. The lowest BCUT2D eigenvalue weighted by Gasteiger charge is -2.43. The van der Waals surface area contributed by atoms with Gasteiger partial charge in [-0.2, -0.15) is 0 Å². The van der Waals surface area contributed by atoms with Gasteiger partial charge in [0.1, 0.15) is 5.82 Å². The summed E-state index contributed by atoms with van der Waals surface area (Å²) in [7, 11) is 2.21. The van der Waals surface area contributed by atoms with Gasteiger partial charge in [0.15, 0.2) is 11.5 Å². The van der Waals surface area contributed by atoms with Crippen LogP contribution in [0.3, 0.4) is 0 Å². The van der Waals surface area contributed by atoms with Gasteiger partial charge >= 0.3 is 0 Å². The van der Waals surface area contributed by atoms with E-state index < -0.39 is 11.5 Å². The monoisotopic (exact) mass is 592 g/mol. The fourth-order valence-electron chi connectivity index (χ4n) is 7.01. The zero-order valence-corrected chi connectivity index (χ0v) is 26.8. The summed E-state index contributed by atoms with van der Waals surface area (Å²) in [5, 5.41) is 17.8. The Bertz CT molecular complexity index is 1260. The van der Waals surface area contributed by atoms with Crippen molar-refractivity contribution in [1.82, 2.24) is 19.8 Å². The largest absolute Gasteiger partial charge is 0.390 e. The molecule has 2 aromatic rings. The van der Waals surface area contributed by atoms with Gasteiger partial charge in [0.2, 0.25) is 0 Å². The number of benzene rings is 1. The predicted octanol–water partition coefficient (Wildman–Crippen LogP) is 4.15. The number of carbonyl (C=O) groups is 1. The fraction of sp³-hybridized carbons (Fsp3) is 0.667. The number of carbonyl (C=O) groups excluding carboxylic acids is 1. The number of primary amides is 1. The molecule has 43 heavy (non-hydrogen) atoms. The molecule has 10 nitrogen and oxygen atoms in total. The number of nitrogens with one attached hydrogen (secondary N) is 2. The molecule has 1 amide bonds. The molecule has 0 radical (unpaired) electrons. The predicted molar refractivity (Wildman–Crippen MR) is 174 cm³/mol. The first kappa shape index (κ1) is 31.5. The Morgan fingerprint density at radius 3 is 2.30 bits per heavy atom. The first-order chi connectivity index (χ1) is 20.6. The van der Waals surface area contributed by atoms with Gasteiger partial charge in [-0.25, -0.2) is 9.97 Å². The molecule has 236 valence electrons. The maximum atomic E-state index is 12.4. The van der Waals surface area contributed by atoms with E-state index in [1.807, 2.05) is 6.92 Å². The van der Waals surface area contributed by atoms with Crippen molar-refractivity contribution in [2.24, 2.45) is 11.7 Å². The average molecular weight is 593 g/mol. The summed E-state index contributed by atoms with van der Waals surface area (Å²) >= 11 is 0. The number of aromatic nitrogens is 2. The van der Waals surface area contributed by atoms with Crippen molar-refractivity contribution in [2.45, 2.75) is 90.3 Å². The van der Waals surface area contributed by atoms with Crippen molar-refractivity contribution in [3.8, 4) is 0 Å². The Hall–Kier alpha value is -2.95. The molecular formula is C33H52N8O2. The molecule has 2 saturated heterocycles. The molecule has 3 aliphatic rings. The molecule has 1 saturated carbocycles. The summed E-state index contributed by atoms with van der Waals surface area (Å²) in [5.41, 5.74) is 9.31. The van der Waals surface area contributed by atoms with Gasteiger partial charge in [0.05, 0.1) is 11.3 Å². The minimum atomic E-state index is -0.607. The van der Waals surface area contributed by atoms with Crippen molar-refractivity contribution < 1.29 is 9.90 Å². The first-order valence-electron chi connectivity index (χ1n) is 16.3. The van der Waals surface area contributed by atoms with Gasteiger partial charge in [-0.15, -0.1) is 0 Å². The van der Waals surface area contributed by atoms with Gasteiger partial charge in [-0.1, -0.05) is 20.8 Å². The summed E-state index contributed by atoms with van der Waals surface area (Å²) in [6.45, 7) is 15.1. The highest BCUT2D eigenvalue weighted by atomic mass is 16.3. The maximum Gasteiger partial charge on any atom is 0.271 e. The second kappa shape index (κ2) is 13.4. The Kier molecular flexibility index (Phi) is 9.78. The van der Waals surface area contributed by atoms with E-state index in [0.29, 0.717) is 24.1 Å². The molecule has 10 heteroatoms. The number of aliphatic hydroxyl groups is 1. The van der Waals surface area contributed by atoms with Crippen molar-refractivity contribution >= 4 is 28.9 Å². The van der Waals surface area contributed by atoms with Crippen LogP contribution in [0.4, 0.5) is 23.0 Å². The quantitative estimate of drug-likeness (QED) is 0.340. The number of aryl methyl sites for hydroxylation is 2. The Morgan fingerprint density at radius 1 is 1.05 bits per heavy atom. The van der Waals surface area contributed by atoms with E-state index in [1.165, 1.54) is 37.2 Å². The SMILES string of the molecule is CCc1nc(C(N)=O)c(Nc2ccc(N3CCC(N4CCN(C)CC4)CC3)c(C)c2)nc1NC1CCC(O)(C(C)C)CC1. The van der Waals surface area contributed by atoms with Crippen LogP contribution in [-0.4, -0.2) is 94.8 Å². The summed E-state index contributed by atoms with van der Waals surface area (Å²) in [4.78, 5) is 29.5. The van der Waals surface area contributed by atoms with Crippen molar-refractivity contribution in [1.29, 1.82) is 0 Å². The number of piperazine rings is 1. The van der Waals surface area contributed by atoms with Crippen LogP contribution < -0.4 is 21.3 Å². The number of nitrogens with two attached hydrogens (primary N) is 1. The number of likely N-dealkylation sites (N-methyl/N-ethyl adjacent to an activating group) is 1. The molecule has 1 aromatic carbocycles. The van der Waals surface area contributed by atoms with Crippen LogP contribution in [0.1, 0.15) is 81.0 Å². The van der Waals surface area contributed by atoms with E-state index in [-0.39, 0.29) is 17.7 Å². The Labute approximate surface area is 257 Å². The van der Waals surface area contributed by atoms with Crippen LogP contribution in [0.5, 0.6) is 0 Å². The van der Waals surface area contributed by atoms with E-state index >= 15 is 0 Å². The minimum absolute atomic E-state index is 0.146. The standard InChI is InChI=1S/C33H52N8O2/c1-6-27-31(35-24-9-13-33(43,14-10-24)22(2)3)38-32(29(37-27)30(34)42)36-25-7-8-28(23(4)21-25)41-15-11-26(12-16-41)40-19-17-39(5)18-20-40/h7-8,21-22,24,26,43H,6,9-20H2,1-5H3,(H2,34,42)(H2,35,36,38). The first-order valence-corrected chi connectivity index (χ1v) is 16.3. The molecule has 5 N–H and O–H groups in total. The zero-order chi connectivity index (χ0) is 30.7. The number of nitrogens with zero attached hydrogens (tertiary/aromatic N) is 5. The second-order valence-electron chi connectivity index (χ2n) is 13.3. The van der Waals surface area contributed by atoms with E-state index in [1.54, 1.807) is 0 Å². The zero-order valence-electron chi connectivity index (χ0n) is 26.8. The number of anilines is 4. The molecule has 1 aliphatic carbocycles. The highest BCUT2D eigenvalue weighted by Crippen LogP contribution is 2.36. The lowest BCUT2D eigenvalue weighted by molar-refractivity contribution is -0.0390. The number of rotatable bonds is 9.